The molecule has 5 nitrogen and oxygen atoms in total. The van der Waals surface area contributed by atoms with Crippen molar-refractivity contribution in [3.63, 3.8) is 0 Å². The molecule has 0 unspecified atom stereocenters. The highest BCUT2D eigenvalue weighted by Gasteiger charge is 2.15. The van der Waals surface area contributed by atoms with Crippen LogP contribution in [0.3, 0.4) is 0 Å². The standard InChI is InChI=1S/C45H72O5/c1-3-5-7-9-11-13-15-17-19-21-22-24-26-28-30-32-34-36-38-40-45(48)50-43(41-46)42-49-44(47)39-37-35-33-31-29-27-25-23-20-18-16-14-12-10-8-6-4-2/h5,7,11-14,17-20,22,24,28,30,34,36,43,46H,3-4,6,8-10,15-16,21,23,25-27,29,31-33,35,37-42H2,1-2H3/b7-5+,13-11+,14-12+,19-17+,20-18+,24-22+,30-28+,36-34+/t43-/m0/s1. The summed E-state index contributed by atoms with van der Waals surface area (Å²) < 4.78 is 10.5. The van der Waals surface area contributed by atoms with Gasteiger partial charge in [0.1, 0.15) is 6.61 Å². The summed E-state index contributed by atoms with van der Waals surface area (Å²) in [5.74, 6) is -0.707. The van der Waals surface area contributed by atoms with Gasteiger partial charge in [-0.2, -0.15) is 0 Å². The Bertz CT molecular complexity index is 1010. The Labute approximate surface area is 307 Å². The first kappa shape index (κ1) is 46.8. The van der Waals surface area contributed by atoms with Crippen LogP contribution in [0, 0.1) is 0 Å². The van der Waals surface area contributed by atoms with Gasteiger partial charge in [0.25, 0.3) is 0 Å². The van der Waals surface area contributed by atoms with Gasteiger partial charge in [-0.25, -0.2) is 0 Å². The molecule has 0 spiro atoms. The Balaban J connectivity index is 3.74. The smallest absolute Gasteiger partial charge is 0.306 e. The summed E-state index contributed by atoms with van der Waals surface area (Å²) in [6.07, 6.45) is 56.2. The molecule has 0 aromatic heterocycles. The van der Waals surface area contributed by atoms with E-state index in [1.807, 2.05) is 12.2 Å². The van der Waals surface area contributed by atoms with Crippen LogP contribution in [0.5, 0.6) is 0 Å². The maximum Gasteiger partial charge on any atom is 0.306 e. The zero-order valence-electron chi connectivity index (χ0n) is 31.9. The summed E-state index contributed by atoms with van der Waals surface area (Å²) in [6.45, 7) is 3.91. The minimum atomic E-state index is -0.821. The zero-order chi connectivity index (χ0) is 36.4. The van der Waals surface area contributed by atoms with Crippen molar-refractivity contribution in [1.82, 2.24) is 0 Å². The largest absolute Gasteiger partial charge is 0.462 e. The molecule has 1 atom stereocenters. The van der Waals surface area contributed by atoms with E-state index in [9.17, 15) is 14.7 Å². The van der Waals surface area contributed by atoms with Crippen LogP contribution in [0.25, 0.3) is 0 Å². The second kappa shape index (κ2) is 40.3. The third-order valence-electron chi connectivity index (χ3n) is 7.88. The summed E-state index contributed by atoms with van der Waals surface area (Å²) in [6, 6.07) is 0. The average molecular weight is 693 g/mol. The maximum atomic E-state index is 12.1. The molecule has 0 heterocycles. The molecule has 282 valence electrons. The van der Waals surface area contributed by atoms with Crippen LogP contribution in [-0.2, 0) is 19.1 Å². The molecule has 0 saturated carbocycles. The molecule has 0 bridgehead atoms. The number of aliphatic hydroxyl groups is 1. The molecule has 50 heavy (non-hydrogen) atoms. The Morgan fingerprint density at radius 2 is 0.900 bits per heavy atom. The molecule has 0 aromatic rings. The Morgan fingerprint density at radius 1 is 0.480 bits per heavy atom. The number of unbranched alkanes of at least 4 members (excludes halogenated alkanes) is 10. The molecule has 0 aliphatic heterocycles. The lowest BCUT2D eigenvalue weighted by molar-refractivity contribution is -0.161. The topological polar surface area (TPSA) is 72.8 Å². The molecule has 1 N–H and O–H groups in total. The van der Waals surface area contributed by atoms with Gasteiger partial charge in [0.2, 0.25) is 0 Å². The van der Waals surface area contributed by atoms with Crippen LogP contribution in [-0.4, -0.2) is 36.4 Å². The lowest BCUT2D eigenvalue weighted by Crippen LogP contribution is -2.28. The molecule has 5 heteroatoms. The Hall–Kier alpha value is -3.18. The number of ether oxygens (including phenoxy) is 2. The fourth-order valence-electron chi connectivity index (χ4n) is 4.90. The highest BCUT2D eigenvalue weighted by Crippen LogP contribution is 2.11. The van der Waals surface area contributed by atoms with E-state index in [2.05, 4.69) is 98.9 Å². The zero-order valence-corrected chi connectivity index (χ0v) is 31.9. The fraction of sp³-hybridized carbons (Fsp3) is 0.600. The average Bonchev–Trinajstić information content (AvgIpc) is 3.12. The summed E-state index contributed by atoms with van der Waals surface area (Å²) in [7, 11) is 0. The predicted octanol–water partition coefficient (Wildman–Crippen LogP) is 12.5. The maximum absolute atomic E-state index is 12.1. The van der Waals surface area contributed by atoms with E-state index in [-0.39, 0.29) is 25.6 Å². The van der Waals surface area contributed by atoms with Gasteiger partial charge in [0.15, 0.2) is 6.10 Å². The molecule has 0 aliphatic carbocycles. The number of carbonyl (C=O) groups is 2. The number of aliphatic hydroxyl groups excluding tert-OH is 1. The third kappa shape index (κ3) is 37.6. The Morgan fingerprint density at radius 3 is 1.38 bits per heavy atom. The molecule has 0 fully saturated rings. The first-order valence-electron chi connectivity index (χ1n) is 19.8. The second-order valence-corrected chi connectivity index (χ2v) is 12.6. The quantitative estimate of drug-likeness (QED) is 0.0413. The van der Waals surface area contributed by atoms with Crippen LogP contribution >= 0.6 is 0 Å². The van der Waals surface area contributed by atoms with Crippen molar-refractivity contribution in [2.45, 2.75) is 161 Å². The van der Waals surface area contributed by atoms with E-state index in [4.69, 9.17) is 9.47 Å². The van der Waals surface area contributed by atoms with Crippen molar-refractivity contribution >= 4 is 11.9 Å². The van der Waals surface area contributed by atoms with E-state index in [1.54, 1.807) is 0 Å². The number of rotatable bonds is 34. The number of carbonyl (C=O) groups excluding carboxylic acids is 2. The van der Waals surface area contributed by atoms with E-state index < -0.39 is 12.1 Å². The minimum absolute atomic E-state index is 0.106. The summed E-state index contributed by atoms with van der Waals surface area (Å²) in [5.41, 5.74) is 0. The van der Waals surface area contributed by atoms with Crippen LogP contribution in [0.1, 0.15) is 155 Å². The molecular weight excluding hydrogens is 620 g/mol. The highest BCUT2D eigenvalue weighted by atomic mass is 16.6. The Kier molecular flexibility index (Phi) is 37.7. The summed E-state index contributed by atoms with van der Waals surface area (Å²) >= 11 is 0. The normalized spacial score (nSPS) is 13.3. The van der Waals surface area contributed by atoms with Crippen molar-refractivity contribution in [3.8, 4) is 0 Å². The van der Waals surface area contributed by atoms with Crippen molar-refractivity contribution in [2.75, 3.05) is 13.2 Å². The number of esters is 2. The molecular formula is C45H72O5. The van der Waals surface area contributed by atoms with Crippen LogP contribution in [0.15, 0.2) is 97.2 Å². The van der Waals surface area contributed by atoms with Crippen molar-refractivity contribution in [1.29, 1.82) is 0 Å². The number of hydrogen-bond acceptors (Lipinski definition) is 5. The molecule has 0 rings (SSSR count). The van der Waals surface area contributed by atoms with E-state index in [0.717, 1.165) is 70.6 Å². The van der Waals surface area contributed by atoms with Crippen molar-refractivity contribution in [2.24, 2.45) is 0 Å². The lowest BCUT2D eigenvalue weighted by atomic mass is 10.1. The van der Waals surface area contributed by atoms with Gasteiger partial charge in [-0.1, -0.05) is 156 Å². The minimum Gasteiger partial charge on any atom is -0.462 e. The molecule has 0 radical (unpaired) electrons. The molecule has 0 saturated heterocycles. The van der Waals surface area contributed by atoms with Gasteiger partial charge in [-0.3, -0.25) is 9.59 Å². The van der Waals surface area contributed by atoms with Gasteiger partial charge in [-0.15, -0.1) is 0 Å². The van der Waals surface area contributed by atoms with Crippen LogP contribution in [0.4, 0.5) is 0 Å². The van der Waals surface area contributed by atoms with Crippen molar-refractivity contribution < 1.29 is 24.2 Å². The number of hydrogen-bond donors (Lipinski definition) is 1. The second-order valence-electron chi connectivity index (χ2n) is 12.6. The third-order valence-corrected chi connectivity index (χ3v) is 7.88. The first-order chi connectivity index (χ1) is 24.6. The monoisotopic (exact) mass is 693 g/mol. The van der Waals surface area contributed by atoms with Gasteiger partial charge >= 0.3 is 11.9 Å². The molecule has 0 aliphatic rings. The van der Waals surface area contributed by atoms with Gasteiger partial charge in [-0.05, 0) is 83.5 Å². The molecule has 0 amide bonds. The summed E-state index contributed by atoms with van der Waals surface area (Å²) in [4.78, 5) is 24.2. The van der Waals surface area contributed by atoms with Gasteiger partial charge in [0.05, 0.1) is 6.61 Å². The SMILES string of the molecule is CC/C=C/C/C=C/C/C=C/C/C=C/C/C=C/C/C=C/CCC(=O)O[C@@H](CO)COC(=O)CCCCCCCCC/C=C/C/C=C/CCCCC. The first-order valence-corrected chi connectivity index (χ1v) is 19.8. The molecule has 0 aromatic carbocycles. The van der Waals surface area contributed by atoms with Crippen molar-refractivity contribution in [3.05, 3.63) is 97.2 Å². The van der Waals surface area contributed by atoms with E-state index in [0.29, 0.717) is 12.8 Å². The highest BCUT2D eigenvalue weighted by molar-refractivity contribution is 5.70. The number of allylic oxidation sites excluding steroid dienone is 16. The van der Waals surface area contributed by atoms with Crippen LogP contribution in [0.2, 0.25) is 0 Å². The van der Waals surface area contributed by atoms with E-state index in [1.165, 1.54) is 51.4 Å². The van der Waals surface area contributed by atoms with E-state index >= 15 is 0 Å². The predicted molar refractivity (Wildman–Crippen MR) is 214 cm³/mol. The van der Waals surface area contributed by atoms with Gasteiger partial charge < -0.3 is 14.6 Å². The van der Waals surface area contributed by atoms with Crippen LogP contribution < -0.4 is 0 Å². The summed E-state index contributed by atoms with van der Waals surface area (Å²) in [5, 5.41) is 9.55. The van der Waals surface area contributed by atoms with Gasteiger partial charge in [0, 0.05) is 12.8 Å². The lowest BCUT2D eigenvalue weighted by Gasteiger charge is -2.15. The fourth-order valence-corrected chi connectivity index (χ4v) is 4.90.